The molecule has 2 aliphatic heterocycles. The highest BCUT2D eigenvalue weighted by molar-refractivity contribution is 5.82. The first-order chi connectivity index (χ1) is 15.3. The van der Waals surface area contributed by atoms with E-state index in [0.29, 0.717) is 18.8 Å². The van der Waals surface area contributed by atoms with Crippen molar-refractivity contribution in [1.29, 1.82) is 0 Å². The zero-order valence-corrected chi connectivity index (χ0v) is 19.6. The van der Waals surface area contributed by atoms with Gasteiger partial charge in [-0.05, 0) is 32.3 Å². The van der Waals surface area contributed by atoms with Gasteiger partial charge in [0.2, 0.25) is 0 Å². The van der Waals surface area contributed by atoms with Gasteiger partial charge in [0.1, 0.15) is 6.10 Å². The average molecular weight is 443 g/mol. The summed E-state index contributed by atoms with van der Waals surface area (Å²) in [5.41, 5.74) is 1.13. The van der Waals surface area contributed by atoms with E-state index in [4.69, 9.17) is 9.47 Å². The highest BCUT2D eigenvalue weighted by Crippen LogP contribution is 2.28. The Kier molecular flexibility index (Phi) is 10.9. The van der Waals surface area contributed by atoms with Gasteiger partial charge in [0.15, 0.2) is 0 Å². The van der Waals surface area contributed by atoms with Crippen LogP contribution in [-0.2, 0) is 14.3 Å². The summed E-state index contributed by atoms with van der Waals surface area (Å²) in [7, 11) is 0. The van der Waals surface area contributed by atoms with Crippen LogP contribution < -0.4 is 0 Å². The van der Waals surface area contributed by atoms with Crippen LogP contribution in [0, 0.1) is 11.8 Å². The number of aliphatic hydroxyl groups excluding tert-OH is 2. The van der Waals surface area contributed by atoms with Crippen LogP contribution in [0.4, 0.5) is 0 Å². The normalized spacial score (nSPS) is 31.8. The lowest BCUT2D eigenvalue weighted by molar-refractivity contribution is -0.141. The fraction of sp³-hybridized carbons (Fsp3) is 0.519. The van der Waals surface area contributed by atoms with Crippen LogP contribution in [0.25, 0.3) is 0 Å². The molecule has 1 fully saturated rings. The number of cyclic esters (lactones) is 1. The predicted octanol–water partition coefficient (Wildman–Crippen LogP) is 4.59. The van der Waals surface area contributed by atoms with E-state index in [1.807, 2.05) is 63.3 Å². The monoisotopic (exact) mass is 442 g/mol. The smallest absolute Gasteiger partial charge is 0.331 e. The molecule has 0 aromatic rings. The number of carbonyl (C=O) groups excluding carboxylic acids is 1. The van der Waals surface area contributed by atoms with Gasteiger partial charge in [0.25, 0.3) is 0 Å². The number of hydrogen-bond acceptors (Lipinski definition) is 5. The Bertz CT molecular complexity index is 773. The summed E-state index contributed by atoms with van der Waals surface area (Å²) < 4.78 is 11.2. The minimum atomic E-state index is -0.761. The molecule has 1 saturated heterocycles. The zero-order chi connectivity index (χ0) is 23.5. The number of esters is 1. The fourth-order valence-corrected chi connectivity index (χ4v) is 3.84. The number of allylic oxidation sites excluding steroid dienone is 7. The Morgan fingerprint density at radius 2 is 2.09 bits per heavy atom. The van der Waals surface area contributed by atoms with Gasteiger partial charge in [-0.25, -0.2) is 4.79 Å². The van der Waals surface area contributed by atoms with Gasteiger partial charge in [0, 0.05) is 24.8 Å². The van der Waals surface area contributed by atoms with Gasteiger partial charge in [-0.3, -0.25) is 0 Å². The number of carbonyl (C=O) groups is 1. The van der Waals surface area contributed by atoms with Crippen LogP contribution in [0.3, 0.4) is 0 Å². The van der Waals surface area contributed by atoms with Crippen LogP contribution in [0.1, 0.15) is 47.0 Å². The molecule has 7 unspecified atom stereocenters. The molecule has 0 aliphatic carbocycles. The van der Waals surface area contributed by atoms with Crippen molar-refractivity contribution in [2.45, 2.75) is 77.5 Å². The van der Waals surface area contributed by atoms with Gasteiger partial charge in [-0.2, -0.15) is 0 Å². The summed E-state index contributed by atoms with van der Waals surface area (Å²) in [6.45, 7) is 8.06. The van der Waals surface area contributed by atoms with Crippen molar-refractivity contribution in [1.82, 2.24) is 0 Å². The molecule has 0 saturated carbocycles. The van der Waals surface area contributed by atoms with E-state index >= 15 is 0 Å². The molecule has 2 heterocycles. The van der Waals surface area contributed by atoms with Crippen LogP contribution in [0.5, 0.6) is 0 Å². The summed E-state index contributed by atoms with van der Waals surface area (Å²) in [5.74, 6) is 0.0754. The molecular formula is C27H38O5. The molecule has 176 valence electrons. The van der Waals surface area contributed by atoms with Crippen molar-refractivity contribution >= 4 is 5.97 Å². The summed E-state index contributed by atoms with van der Waals surface area (Å²) in [5, 5.41) is 20.7. The van der Waals surface area contributed by atoms with Crippen LogP contribution >= 0.6 is 0 Å². The van der Waals surface area contributed by atoms with E-state index in [1.165, 1.54) is 6.08 Å². The summed E-state index contributed by atoms with van der Waals surface area (Å²) in [4.78, 5) is 11.3. The highest BCUT2D eigenvalue weighted by atomic mass is 16.5. The third kappa shape index (κ3) is 8.73. The Balaban J connectivity index is 1.77. The minimum Gasteiger partial charge on any atom is -0.455 e. The van der Waals surface area contributed by atoms with E-state index < -0.39 is 18.3 Å². The molecular weight excluding hydrogens is 404 g/mol. The Morgan fingerprint density at radius 1 is 1.31 bits per heavy atom. The van der Waals surface area contributed by atoms with E-state index in [1.54, 1.807) is 6.08 Å². The Morgan fingerprint density at radius 3 is 2.81 bits per heavy atom. The van der Waals surface area contributed by atoms with E-state index in [0.717, 1.165) is 12.0 Å². The first kappa shape index (κ1) is 26.0. The number of ether oxygens (including phenoxy) is 2. The van der Waals surface area contributed by atoms with Crippen molar-refractivity contribution in [3.05, 3.63) is 72.4 Å². The van der Waals surface area contributed by atoms with Gasteiger partial charge >= 0.3 is 5.97 Å². The third-order valence-corrected chi connectivity index (χ3v) is 5.77. The van der Waals surface area contributed by atoms with Crippen LogP contribution in [-0.4, -0.2) is 46.7 Å². The maximum absolute atomic E-state index is 11.3. The minimum absolute atomic E-state index is 0.0147. The highest BCUT2D eigenvalue weighted by Gasteiger charge is 2.35. The Labute approximate surface area is 192 Å². The van der Waals surface area contributed by atoms with Crippen LogP contribution in [0.2, 0.25) is 0 Å². The van der Waals surface area contributed by atoms with E-state index in [9.17, 15) is 15.0 Å². The topological polar surface area (TPSA) is 76.0 Å². The van der Waals surface area contributed by atoms with E-state index in [2.05, 4.69) is 19.1 Å². The van der Waals surface area contributed by atoms with Crippen molar-refractivity contribution < 1.29 is 24.5 Å². The first-order valence-corrected chi connectivity index (χ1v) is 11.5. The lowest BCUT2D eigenvalue weighted by Gasteiger charge is -2.38. The van der Waals surface area contributed by atoms with E-state index in [-0.39, 0.29) is 24.1 Å². The molecule has 0 bridgehead atoms. The Hall–Kier alpha value is -2.21. The molecule has 2 N–H and O–H groups in total. The second-order valence-corrected chi connectivity index (χ2v) is 8.73. The largest absolute Gasteiger partial charge is 0.455 e. The summed E-state index contributed by atoms with van der Waals surface area (Å²) >= 11 is 0. The summed E-state index contributed by atoms with van der Waals surface area (Å²) in [6.07, 6.45) is 20.8. The first-order valence-electron chi connectivity index (χ1n) is 11.5. The molecule has 2 rings (SSSR count). The van der Waals surface area contributed by atoms with Gasteiger partial charge in [0.05, 0.1) is 24.4 Å². The third-order valence-electron chi connectivity index (χ3n) is 5.77. The molecule has 0 aromatic carbocycles. The summed E-state index contributed by atoms with van der Waals surface area (Å²) in [6, 6.07) is 0. The predicted molar refractivity (Wildman–Crippen MR) is 128 cm³/mol. The maximum atomic E-state index is 11.3. The molecule has 0 amide bonds. The average Bonchev–Trinajstić information content (AvgIpc) is 2.75. The lowest BCUT2D eigenvalue weighted by Crippen LogP contribution is -2.46. The van der Waals surface area contributed by atoms with Gasteiger partial charge in [-0.15, -0.1) is 0 Å². The molecule has 5 heteroatoms. The zero-order valence-electron chi connectivity index (χ0n) is 19.6. The van der Waals surface area contributed by atoms with Gasteiger partial charge < -0.3 is 19.7 Å². The van der Waals surface area contributed by atoms with Crippen molar-refractivity contribution in [3.8, 4) is 0 Å². The van der Waals surface area contributed by atoms with Crippen LogP contribution in [0.15, 0.2) is 72.4 Å². The molecule has 0 aromatic heterocycles. The maximum Gasteiger partial charge on any atom is 0.331 e. The molecule has 5 nitrogen and oxygen atoms in total. The molecule has 7 atom stereocenters. The SMILES string of the molecule is CC=CC1OC(C(O)C=CC=CCC(C)C=C(C)C=CC2CC=CC(=O)O2)CC(O)C1C. The standard InChI is InChI=1S/C27H38O5/c1-5-10-25-21(4)24(29)18-26(32-25)23(28)13-8-6-7-11-19(2)17-20(3)15-16-22-12-9-14-27(30)31-22/h5-10,13-17,19,21-26,28-29H,11-12,18H2,1-4H3. The number of rotatable bonds is 9. The lowest BCUT2D eigenvalue weighted by atomic mass is 9.88. The van der Waals surface area contributed by atoms with Crippen molar-refractivity contribution in [2.75, 3.05) is 0 Å². The van der Waals surface area contributed by atoms with Crippen molar-refractivity contribution in [2.24, 2.45) is 11.8 Å². The fourth-order valence-electron chi connectivity index (χ4n) is 3.84. The van der Waals surface area contributed by atoms with Gasteiger partial charge in [-0.1, -0.05) is 74.1 Å². The second-order valence-electron chi connectivity index (χ2n) is 8.73. The second kappa shape index (κ2) is 13.4. The number of hydrogen-bond donors (Lipinski definition) is 2. The molecule has 0 spiro atoms. The number of aliphatic hydroxyl groups is 2. The molecule has 2 aliphatic rings. The molecule has 32 heavy (non-hydrogen) atoms. The quantitative estimate of drug-likeness (QED) is 0.310. The molecule has 0 radical (unpaired) electrons. The van der Waals surface area contributed by atoms with Crippen molar-refractivity contribution in [3.63, 3.8) is 0 Å².